The van der Waals surface area contributed by atoms with Gasteiger partial charge in [-0.05, 0) is 25.0 Å². The largest absolute Gasteiger partial charge is 0.302 e. The molecular formula is C21H21N3O3S2. The Bertz CT molecular complexity index is 1070. The summed E-state index contributed by atoms with van der Waals surface area (Å²) in [5.41, 5.74) is 1.83. The summed E-state index contributed by atoms with van der Waals surface area (Å²) in [5.74, 6) is -0.322. The standard InChI is InChI=1S/C21H21N3O3S2/c25-20(23-21-22-19(15-28-21)16-7-3-1-4-8-16)17-11-13-24(14-12-17)29(26,27)18-9-5-2-6-10-18/h1-10,15,17H,11-14H2,(H,22,23,25). The summed E-state index contributed by atoms with van der Waals surface area (Å²) in [5, 5.41) is 5.37. The van der Waals surface area contributed by atoms with Gasteiger partial charge in [0.2, 0.25) is 15.9 Å². The van der Waals surface area contributed by atoms with Crippen LogP contribution in [0.4, 0.5) is 5.13 Å². The van der Waals surface area contributed by atoms with Crippen molar-refractivity contribution in [3.05, 3.63) is 66.0 Å². The summed E-state index contributed by atoms with van der Waals surface area (Å²) >= 11 is 1.39. The topological polar surface area (TPSA) is 79.4 Å². The molecule has 0 bridgehead atoms. The first-order valence-electron chi connectivity index (χ1n) is 9.41. The maximum Gasteiger partial charge on any atom is 0.243 e. The van der Waals surface area contributed by atoms with Gasteiger partial charge in [0.05, 0.1) is 10.6 Å². The molecule has 1 saturated heterocycles. The smallest absolute Gasteiger partial charge is 0.243 e. The molecule has 0 saturated carbocycles. The van der Waals surface area contributed by atoms with Crippen molar-refractivity contribution in [1.29, 1.82) is 0 Å². The molecule has 8 heteroatoms. The fourth-order valence-corrected chi connectivity index (χ4v) is 5.59. The zero-order valence-electron chi connectivity index (χ0n) is 15.7. The summed E-state index contributed by atoms with van der Waals surface area (Å²) < 4.78 is 26.9. The molecule has 0 aliphatic carbocycles. The number of hydrogen-bond acceptors (Lipinski definition) is 5. The molecule has 29 heavy (non-hydrogen) atoms. The minimum absolute atomic E-state index is 0.101. The molecule has 1 aliphatic rings. The number of nitrogens with zero attached hydrogens (tertiary/aromatic N) is 2. The normalized spacial score (nSPS) is 15.9. The Kier molecular flexibility index (Phi) is 5.75. The summed E-state index contributed by atoms with van der Waals surface area (Å²) in [6, 6.07) is 18.2. The minimum Gasteiger partial charge on any atom is -0.302 e. The number of sulfonamides is 1. The highest BCUT2D eigenvalue weighted by molar-refractivity contribution is 7.89. The number of anilines is 1. The molecule has 1 aliphatic heterocycles. The summed E-state index contributed by atoms with van der Waals surface area (Å²) in [7, 11) is -3.51. The molecule has 2 heterocycles. The first kappa shape index (κ1) is 19.8. The lowest BCUT2D eigenvalue weighted by atomic mass is 9.97. The van der Waals surface area contributed by atoms with Crippen LogP contribution in [0.1, 0.15) is 12.8 Å². The molecule has 150 valence electrons. The van der Waals surface area contributed by atoms with Crippen molar-refractivity contribution in [2.45, 2.75) is 17.7 Å². The molecule has 1 fully saturated rings. The Balaban J connectivity index is 1.36. The maximum absolute atomic E-state index is 12.7. The summed E-state index contributed by atoms with van der Waals surface area (Å²) in [6.45, 7) is 0.672. The van der Waals surface area contributed by atoms with E-state index in [9.17, 15) is 13.2 Å². The van der Waals surface area contributed by atoms with E-state index in [0.29, 0.717) is 36.0 Å². The van der Waals surface area contributed by atoms with E-state index in [4.69, 9.17) is 0 Å². The Morgan fingerprint density at radius 1 is 1.00 bits per heavy atom. The number of hydrogen-bond donors (Lipinski definition) is 1. The Morgan fingerprint density at radius 3 is 2.28 bits per heavy atom. The van der Waals surface area contributed by atoms with Gasteiger partial charge in [0, 0.05) is 30.0 Å². The summed E-state index contributed by atoms with van der Waals surface area (Å²) in [4.78, 5) is 17.4. The molecule has 1 amide bonds. The molecule has 3 aromatic rings. The van der Waals surface area contributed by atoms with E-state index in [2.05, 4.69) is 10.3 Å². The Morgan fingerprint density at radius 2 is 1.62 bits per heavy atom. The fraction of sp³-hybridized carbons (Fsp3) is 0.238. The number of piperidine rings is 1. The van der Waals surface area contributed by atoms with E-state index in [-0.39, 0.29) is 11.8 Å². The molecule has 0 radical (unpaired) electrons. The van der Waals surface area contributed by atoms with Gasteiger partial charge in [-0.25, -0.2) is 13.4 Å². The van der Waals surface area contributed by atoms with Crippen molar-refractivity contribution in [2.24, 2.45) is 5.92 Å². The third-order valence-corrected chi connectivity index (χ3v) is 7.68. The number of rotatable bonds is 5. The van der Waals surface area contributed by atoms with Gasteiger partial charge in [-0.3, -0.25) is 4.79 Å². The molecule has 1 N–H and O–H groups in total. The minimum atomic E-state index is -3.51. The van der Waals surface area contributed by atoms with Crippen LogP contribution < -0.4 is 5.32 Å². The SMILES string of the molecule is O=C(Nc1nc(-c2ccccc2)cs1)C1CCN(S(=O)(=O)c2ccccc2)CC1. The van der Waals surface area contributed by atoms with Crippen LogP contribution in [0.5, 0.6) is 0 Å². The number of thiazole rings is 1. The predicted molar refractivity (Wildman–Crippen MR) is 114 cm³/mol. The first-order valence-corrected chi connectivity index (χ1v) is 11.7. The zero-order chi connectivity index (χ0) is 20.3. The third kappa shape index (κ3) is 4.39. The van der Waals surface area contributed by atoms with Crippen molar-refractivity contribution >= 4 is 32.4 Å². The average Bonchev–Trinajstić information content (AvgIpc) is 3.23. The zero-order valence-corrected chi connectivity index (χ0v) is 17.3. The lowest BCUT2D eigenvalue weighted by Crippen LogP contribution is -2.41. The predicted octanol–water partition coefficient (Wildman–Crippen LogP) is 3.85. The van der Waals surface area contributed by atoms with Crippen molar-refractivity contribution in [1.82, 2.24) is 9.29 Å². The van der Waals surface area contributed by atoms with Crippen molar-refractivity contribution < 1.29 is 13.2 Å². The monoisotopic (exact) mass is 427 g/mol. The van der Waals surface area contributed by atoms with Crippen LogP contribution in [0.3, 0.4) is 0 Å². The lowest BCUT2D eigenvalue weighted by molar-refractivity contribution is -0.120. The number of benzene rings is 2. The molecule has 1 aromatic heterocycles. The summed E-state index contributed by atoms with van der Waals surface area (Å²) in [6.07, 6.45) is 0.990. The number of amides is 1. The van der Waals surface area contributed by atoms with Crippen molar-refractivity contribution in [3.8, 4) is 11.3 Å². The Labute approximate surface area is 174 Å². The van der Waals surface area contributed by atoms with Crippen LogP contribution in [0, 0.1) is 5.92 Å². The highest BCUT2D eigenvalue weighted by atomic mass is 32.2. The van der Waals surface area contributed by atoms with Gasteiger partial charge >= 0.3 is 0 Å². The van der Waals surface area contributed by atoms with Crippen molar-refractivity contribution in [2.75, 3.05) is 18.4 Å². The van der Waals surface area contributed by atoms with Gasteiger partial charge in [-0.2, -0.15) is 4.31 Å². The molecular weight excluding hydrogens is 406 g/mol. The van der Waals surface area contributed by atoms with E-state index in [1.54, 1.807) is 30.3 Å². The van der Waals surface area contributed by atoms with E-state index < -0.39 is 10.0 Å². The van der Waals surface area contributed by atoms with Crippen LogP contribution in [0.2, 0.25) is 0 Å². The quantitative estimate of drug-likeness (QED) is 0.671. The van der Waals surface area contributed by atoms with Crippen molar-refractivity contribution in [3.63, 3.8) is 0 Å². The van der Waals surface area contributed by atoms with Gasteiger partial charge in [0.15, 0.2) is 5.13 Å². The molecule has 6 nitrogen and oxygen atoms in total. The highest BCUT2D eigenvalue weighted by Crippen LogP contribution is 2.27. The lowest BCUT2D eigenvalue weighted by Gasteiger charge is -2.30. The molecule has 0 spiro atoms. The highest BCUT2D eigenvalue weighted by Gasteiger charge is 2.32. The van der Waals surface area contributed by atoms with Gasteiger partial charge in [0.25, 0.3) is 0 Å². The number of carbonyl (C=O) groups excluding carboxylic acids is 1. The molecule has 0 atom stereocenters. The maximum atomic E-state index is 12.7. The van der Waals surface area contributed by atoms with E-state index >= 15 is 0 Å². The van der Waals surface area contributed by atoms with Crippen LogP contribution in [0.25, 0.3) is 11.3 Å². The van der Waals surface area contributed by atoms with Gasteiger partial charge in [-0.15, -0.1) is 11.3 Å². The second-order valence-electron chi connectivity index (χ2n) is 6.88. The van der Waals surface area contributed by atoms with Gasteiger partial charge in [0.1, 0.15) is 0 Å². The third-order valence-electron chi connectivity index (χ3n) is 5.01. The van der Waals surface area contributed by atoms with Crippen LogP contribution in [-0.2, 0) is 14.8 Å². The van der Waals surface area contributed by atoms with Crippen LogP contribution in [0.15, 0.2) is 70.9 Å². The molecule has 4 rings (SSSR count). The Hall–Kier alpha value is -2.55. The number of nitrogens with one attached hydrogen (secondary N) is 1. The number of carbonyl (C=O) groups is 1. The average molecular weight is 428 g/mol. The van der Waals surface area contributed by atoms with Gasteiger partial charge in [-0.1, -0.05) is 48.5 Å². The van der Waals surface area contributed by atoms with E-state index in [0.717, 1.165) is 11.3 Å². The van der Waals surface area contributed by atoms with Crippen LogP contribution >= 0.6 is 11.3 Å². The van der Waals surface area contributed by atoms with E-state index in [1.165, 1.54) is 15.6 Å². The molecule has 0 unspecified atom stereocenters. The molecule has 2 aromatic carbocycles. The first-order chi connectivity index (χ1) is 14.0. The number of aromatic nitrogens is 1. The van der Waals surface area contributed by atoms with E-state index in [1.807, 2.05) is 35.7 Å². The van der Waals surface area contributed by atoms with Crippen LogP contribution in [-0.4, -0.2) is 36.7 Å². The second kappa shape index (κ2) is 8.44. The second-order valence-corrected chi connectivity index (χ2v) is 9.68. The van der Waals surface area contributed by atoms with Gasteiger partial charge < -0.3 is 5.32 Å². The fourth-order valence-electron chi connectivity index (χ4n) is 3.38.